The van der Waals surface area contributed by atoms with Crippen molar-refractivity contribution in [3.05, 3.63) is 47.2 Å². The average Bonchev–Trinajstić information content (AvgIpc) is 3.27. The second kappa shape index (κ2) is 5.91. The van der Waals surface area contributed by atoms with Crippen molar-refractivity contribution in [1.82, 2.24) is 19.6 Å². The number of fused-ring (bicyclic) bond motifs is 3. The van der Waals surface area contributed by atoms with Gasteiger partial charge in [-0.15, -0.1) is 0 Å². The summed E-state index contributed by atoms with van der Waals surface area (Å²) in [5.74, 6) is 1.89. The molecule has 0 amide bonds. The minimum Gasteiger partial charge on any atom is -0.348 e. The zero-order valence-corrected chi connectivity index (χ0v) is 15.6. The summed E-state index contributed by atoms with van der Waals surface area (Å²) >= 11 is 0. The van der Waals surface area contributed by atoms with Crippen LogP contribution in [-0.2, 0) is 17.8 Å². The number of nitrogens with zero attached hydrogens (tertiary/aromatic N) is 4. The standard InChI is InChI=1S/C21H24N4O2/c1-13-22-18(27-23-13)12-26-19-11-14-5-4-9-24-10-8-16-15-6-2-3-7-17(15)25(19)21(16)20(14)24/h2-3,6-7,14,19-20H,4-5,8-12H2,1H3. The molecule has 0 N–H and O–H groups in total. The Morgan fingerprint density at radius 2 is 2.19 bits per heavy atom. The van der Waals surface area contributed by atoms with Crippen LogP contribution < -0.4 is 0 Å². The van der Waals surface area contributed by atoms with Gasteiger partial charge in [-0.05, 0) is 56.7 Å². The van der Waals surface area contributed by atoms with Gasteiger partial charge in [-0.3, -0.25) is 4.90 Å². The van der Waals surface area contributed by atoms with Crippen LogP contribution in [0.2, 0.25) is 0 Å². The van der Waals surface area contributed by atoms with Crippen molar-refractivity contribution in [2.75, 3.05) is 13.1 Å². The molecule has 3 aliphatic heterocycles. The molecule has 0 radical (unpaired) electrons. The van der Waals surface area contributed by atoms with Crippen molar-refractivity contribution in [2.24, 2.45) is 5.92 Å². The number of aryl methyl sites for hydroxylation is 1. The van der Waals surface area contributed by atoms with Gasteiger partial charge < -0.3 is 13.8 Å². The van der Waals surface area contributed by atoms with E-state index in [2.05, 4.69) is 43.9 Å². The number of benzene rings is 1. The fraction of sp³-hybridized carbons (Fsp3) is 0.524. The Labute approximate surface area is 158 Å². The van der Waals surface area contributed by atoms with E-state index in [9.17, 15) is 0 Å². The average molecular weight is 364 g/mol. The summed E-state index contributed by atoms with van der Waals surface area (Å²) in [4.78, 5) is 7.01. The molecule has 140 valence electrons. The monoisotopic (exact) mass is 364 g/mol. The molecular weight excluding hydrogens is 340 g/mol. The molecule has 0 saturated carbocycles. The Morgan fingerprint density at radius 1 is 1.26 bits per heavy atom. The second-order valence-electron chi connectivity index (χ2n) is 8.12. The highest BCUT2D eigenvalue weighted by Crippen LogP contribution is 2.51. The number of aromatic nitrogens is 3. The van der Waals surface area contributed by atoms with Crippen molar-refractivity contribution in [1.29, 1.82) is 0 Å². The van der Waals surface area contributed by atoms with Gasteiger partial charge in [0.25, 0.3) is 5.89 Å². The summed E-state index contributed by atoms with van der Waals surface area (Å²) in [7, 11) is 0. The van der Waals surface area contributed by atoms with E-state index in [1.807, 2.05) is 6.92 Å². The molecule has 6 heteroatoms. The molecule has 1 fully saturated rings. The van der Waals surface area contributed by atoms with Gasteiger partial charge in [0.2, 0.25) is 0 Å². The molecule has 0 bridgehead atoms. The lowest BCUT2D eigenvalue weighted by Gasteiger charge is -2.49. The molecule has 5 heterocycles. The van der Waals surface area contributed by atoms with Gasteiger partial charge >= 0.3 is 0 Å². The molecular formula is C21H24N4O2. The van der Waals surface area contributed by atoms with Gasteiger partial charge in [0.15, 0.2) is 5.82 Å². The molecule has 2 aromatic heterocycles. The van der Waals surface area contributed by atoms with Crippen molar-refractivity contribution in [3.63, 3.8) is 0 Å². The Bertz CT molecular complexity index is 1010. The molecule has 27 heavy (non-hydrogen) atoms. The van der Waals surface area contributed by atoms with Gasteiger partial charge in [0, 0.05) is 17.6 Å². The second-order valence-corrected chi connectivity index (χ2v) is 8.12. The lowest BCUT2D eigenvalue weighted by Crippen LogP contribution is -2.47. The zero-order chi connectivity index (χ0) is 18.0. The van der Waals surface area contributed by atoms with E-state index in [0.29, 0.717) is 30.3 Å². The predicted molar refractivity (Wildman–Crippen MR) is 100 cm³/mol. The molecule has 1 aromatic carbocycles. The molecule has 6 nitrogen and oxygen atoms in total. The molecule has 6 rings (SSSR count). The maximum atomic E-state index is 6.39. The molecule has 0 aliphatic carbocycles. The summed E-state index contributed by atoms with van der Waals surface area (Å²) in [5, 5.41) is 5.29. The topological polar surface area (TPSA) is 56.3 Å². The van der Waals surface area contributed by atoms with Gasteiger partial charge in [-0.2, -0.15) is 4.98 Å². The molecule has 3 aromatic rings. The zero-order valence-electron chi connectivity index (χ0n) is 15.6. The first-order chi connectivity index (χ1) is 13.3. The third kappa shape index (κ3) is 2.33. The Morgan fingerprint density at radius 3 is 3.07 bits per heavy atom. The predicted octanol–water partition coefficient (Wildman–Crippen LogP) is 3.76. The Balaban J connectivity index is 1.46. The van der Waals surface area contributed by atoms with Gasteiger partial charge in [-0.1, -0.05) is 23.4 Å². The number of hydrogen-bond acceptors (Lipinski definition) is 5. The van der Waals surface area contributed by atoms with Crippen molar-refractivity contribution < 1.29 is 9.26 Å². The quantitative estimate of drug-likeness (QED) is 0.708. The first-order valence-corrected chi connectivity index (χ1v) is 10.1. The van der Waals surface area contributed by atoms with E-state index in [4.69, 9.17) is 9.26 Å². The Hall–Kier alpha value is -2.18. The first kappa shape index (κ1) is 15.8. The third-order valence-electron chi connectivity index (χ3n) is 6.61. The summed E-state index contributed by atoms with van der Waals surface area (Å²) in [6, 6.07) is 9.38. The molecule has 3 unspecified atom stereocenters. The fourth-order valence-corrected chi connectivity index (χ4v) is 5.62. The SMILES string of the molecule is Cc1noc(COC2CC3CCCN4CCc5c(n2c2ccccc52)C34)n1. The first-order valence-electron chi connectivity index (χ1n) is 10.1. The third-order valence-corrected chi connectivity index (χ3v) is 6.61. The molecule has 0 spiro atoms. The summed E-state index contributed by atoms with van der Waals surface area (Å²) in [6.07, 6.45) is 4.82. The lowest BCUT2D eigenvalue weighted by molar-refractivity contribution is -0.0727. The van der Waals surface area contributed by atoms with Crippen LogP contribution in [0.5, 0.6) is 0 Å². The fourth-order valence-electron chi connectivity index (χ4n) is 5.62. The molecule has 3 atom stereocenters. The number of rotatable bonds is 3. The van der Waals surface area contributed by atoms with Crippen LogP contribution in [0.25, 0.3) is 10.9 Å². The van der Waals surface area contributed by atoms with E-state index in [1.165, 1.54) is 42.5 Å². The highest BCUT2D eigenvalue weighted by molar-refractivity contribution is 5.86. The van der Waals surface area contributed by atoms with E-state index in [-0.39, 0.29) is 6.23 Å². The summed E-state index contributed by atoms with van der Waals surface area (Å²) < 4.78 is 14.1. The van der Waals surface area contributed by atoms with Crippen LogP contribution >= 0.6 is 0 Å². The maximum absolute atomic E-state index is 6.39. The lowest BCUT2D eigenvalue weighted by atomic mass is 9.78. The van der Waals surface area contributed by atoms with Crippen molar-refractivity contribution in [2.45, 2.75) is 51.5 Å². The largest absolute Gasteiger partial charge is 0.348 e. The summed E-state index contributed by atoms with van der Waals surface area (Å²) in [6.45, 7) is 4.63. The highest BCUT2D eigenvalue weighted by Gasteiger charge is 2.45. The highest BCUT2D eigenvalue weighted by atomic mass is 16.5. The van der Waals surface area contributed by atoms with E-state index in [0.717, 1.165) is 12.8 Å². The van der Waals surface area contributed by atoms with Crippen molar-refractivity contribution >= 4 is 10.9 Å². The molecule has 1 saturated heterocycles. The Kier molecular flexibility index (Phi) is 3.47. The van der Waals surface area contributed by atoms with Crippen LogP contribution in [-0.4, -0.2) is 32.7 Å². The minimum atomic E-state index is 0.0326. The number of ether oxygens (including phenoxy) is 1. The number of hydrogen-bond donors (Lipinski definition) is 0. The van der Waals surface area contributed by atoms with Gasteiger partial charge in [0.05, 0.1) is 11.6 Å². The number of piperidine rings is 1. The summed E-state index contributed by atoms with van der Waals surface area (Å²) in [5.41, 5.74) is 4.35. The molecule has 3 aliphatic rings. The van der Waals surface area contributed by atoms with Crippen LogP contribution in [0, 0.1) is 12.8 Å². The van der Waals surface area contributed by atoms with Crippen molar-refractivity contribution in [3.8, 4) is 0 Å². The van der Waals surface area contributed by atoms with Crippen LogP contribution in [0.1, 0.15) is 54.5 Å². The van der Waals surface area contributed by atoms with Crippen LogP contribution in [0.15, 0.2) is 28.8 Å². The van der Waals surface area contributed by atoms with Gasteiger partial charge in [-0.25, -0.2) is 0 Å². The number of para-hydroxylation sites is 1. The minimum absolute atomic E-state index is 0.0326. The van der Waals surface area contributed by atoms with Crippen LogP contribution in [0.4, 0.5) is 0 Å². The maximum Gasteiger partial charge on any atom is 0.252 e. The van der Waals surface area contributed by atoms with E-state index in [1.54, 1.807) is 5.56 Å². The van der Waals surface area contributed by atoms with Gasteiger partial charge in [0.1, 0.15) is 12.8 Å². The smallest absolute Gasteiger partial charge is 0.252 e. The normalized spacial score (nSPS) is 27.1. The van der Waals surface area contributed by atoms with E-state index < -0.39 is 0 Å². The van der Waals surface area contributed by atoms with Crippen LogP contribution in [0.3, 0.4) is 0 Å². The van der Waals surface area contributed by atoms with E-state index >= 15 is 0 Å².